The number of carbonyl (C=O) groups excluding carboxylic acids is 2. The zero-order valence-electron chi connectivity index (χ0n) is 16.9. The van der Waals surface area contributed by atoms with Crippen molar-refractivity contribution in [3.05, 3.63) is 117 Å². The molecule has 0 bridgehead atoms. The van der Waals surface area contributed by atoms with Gasteiger partial charge in [-0.15, -0.1) is 11.3 Å². The molecule has 0 saturated heterocycles. The van der Waals surface area contributed by atoms with Crippen molar-refractivity contribution in [3.63, 3.8) is 0 Å². The van der Waals surface area contributed by atoms with E-state index in [2.05, 4.69) is 10.3 Å². The summed E-state index contributed by atoms with van der Waals surface area (Å²) in [5.41, 5.74) is 2.80. The smallest absolute Gasteiger partial charge is 0.258 e. The molecule has 2 aromatic carbocycles. The van der Waals surface area contributed by atoms with E-state index >= 15 is 0 Å². The number of hydrogen-bond donors (Lipinski definition) is 1. The van der Waals surface area contributed by atoms with E-state index in [0.29, 0.717) is 39.6 Å². The lowest BCUT2D eigenvalue weighted by molar-refractivity contribution is 0.0729. The Labute approximate surface area is 194 Å². The van der Waals surface area contributed by atoms with Gasteiger partial charge in [0.2, 0.25) is 0 Å². The molecule has 1 aliphatic rings. The van der Waals surface area contributed by atoms with Crippen LogP contribution >= 0.6 is 22.9 Å². The Morgan fingerprint density at radius 1 is 1.06 bits per heavy atom. The lowest BCUT2D eigenvalue weighted by atomic mass is 10.0. The number of amides is 1. The third-order valence-corrected chi connectivity index (χ3v) is 6.46. The lowest BCUT2D eigenvalue weighted by Gasteiger charge is -2.27. The summed E-state index contributed by atoms with van der Waals surface area (Å²) in [4.78, 5) is 33.7. The van der Waals surface area contributed by atoms with Crippen LogP contribution in [0.2, 0.25) is 5.02 Å². The maximum absolute atomic E-state index is 13.2. The molecule has 5 nitrogen and oxygen atoms in total. The van der Waals surface area contributed by atoms with E-state index in [0.717, 1.165) is 4.88 Å². The summed E-state index contributed by atoms with van der Waals surface area (Å²) < 4.78 is 0. The number of rotatable bonds is 6. The number of nitrogens with zero attached hydrogens (tertiary/aromatic N) is 2. The van der Waals surface area contributed by atoms with Crippen LogP contribution in [-0.4, -0.2) is 21.6 Å². The summed E-state index contributed by atoms with van der Waals surface area (Å²) in [5, 5.41) is 5.85. The highest BCUT2D eigenvalue weighted by Crippen LogP contribution is 2.36. The fourth-order valence-electron chi connectivity index (χ4n) is 3.84. The van der Waals surface area contributed by atoms with Gasteiger partial charge in [0, 0.05) is 32.9 Å². The Balaban J connectivity index is 1.54. The molecule has 32 heavy (non-hydrogen) atoms. The summed E-state index contributed by atoms with van der Waals surface area (Å²) in [6.45, 7) is 0.445. The van der Waals surface area contributed by atoms with Crippen molar-refractivity contribution in [3.8, 4) is 0 Å². The Hall–Kier alpha value is -3.48. The molecule has 0 radical (unpaired) electrons. The van der Waals surface area contributed by atoms with Gasteiger partial charge >= 0.3 is 0 Å². The van der Waals surface area contributed by atoms with Gasteiger partial charge in [-0.05, 0) is 41.8 Å². The van der Waals surface area contributed by atoms with E-state index in [4.69, 9.17) is 11.6 Å². The molecular formula is C25H18ClN3O2S. The molecule has 5 rings (SSSR count). The maximum atomic E-state index is 13.2. The molecule has 0 spiro atoms. The predicted molar refractivity (Wildman–Crippen MR) is 126 cm³/mol. The first-order valence-electron chi connectivity index (χ1n) is 10.1. The van der Waals surface area contributed by atoms with E-state index in [-0.39, 0.29) is 11.7 Å². The first-order valence-corrected chi connectivity index (χ1v) is 11.3. The molecule has 2 aromatic heterocycles. The summed E-state index contributed by atoms with van der Waals surface area (Å²) in [6.07, 6.45) is 1.16. The number of carbonyl (C=O) groups is 2. The third kappa shape index (κ3) is 3.79. The second kappa shape index (κ2) is 8.57. The fourth-order valence-corrected chi connectivity index (χ4v) is 4.71. The molecule has 3 heterocycles. The Kier molecular flexibility index (Phi) is 5.47. The number of hydrogen-bond acceptors (Lipinski definition) is 5. The van der Waals surface area contributed by atoms with Crippen molar-refractivity contribution in [1.82, 2.24) is 9.88 Å². The van der Waals surface area contributed by atoms with Gasteiger partial charge in [0.1, 0.15) is 6.17 Å². The van der Waals surface area contributed by atoms with E-state index in [9.17, 15) is 9.59 Å². The molecule has 0 unspecified atom stereocenters. The van der Waals surface area contributed by atoms with Crippen LogP contribution in [0, 0.1) is 0 Å². The van der Waals surface area contributed by atoms with Gasteiger partial charge in [0.15, 0.2) is 5.78 Å². The van der Waals surface area contributed by atoms with Gasteiger partial charge in [-0.3, -0.25) is 14.6 Å². The van der Waals surface area contributed by atoms with E-state index < -0.39 is 6.17 Å². The monoisotopic (exact) mass is 459 g/mol. The van der Waals surface area contributed by atoms with E-state index in [1.165, 1.54) is 0 Å². The molecule has 0 aliphatic carbocycles. The minimum atomic E-state index is -0.510. The summed E-state index contributed by atoms with van der Waals surface area (Å²) in [6, 6.07) is 21.7. The fraction of sp³-hybridized carbons (Fsp3) is 0.0800. The van der Waals surface area contributed by atoms with Gasteiger partial charge < -0.3 is 10.2 Å². The third-order valence-electron chi connectivity index (χ3n) is 5.36. The van der Waals surface area contributed by atoms with Crippen LogP contribution in [0.25, 0.3) is 0 Å². The number of ketones is 1. The van der Waals surface area contributed by atoms with Crippen LogP contribution in [0.1, 0.15) is 43.0 Å². The van der Waals surface area contributed by atoms with E-state index in [1.807, 2.05) is 35.7 Å². The van der Waals surface area contributed by atoms with Crippen LogP contribution in [0.3, 0.4) is 0 Å². The highest BCUT2D eigenvalue weighted by Gasteiger charge is 2.38. The average molecular weight is 460 g/mol. The van der Waals surface area contributed by atoms with Gasteiger partial charge in [0.25, 0.3) is 5.91 Å². The first kappa shape index (κ1) is 20.4. The molecule has 1 atom stereocenters. The van der Waals surface area contributed by atoms with Gasteiger partial charge in [0.05, 0.1) is 17.8 Å². The van der Waals surface area contributed by atoms with Gasteiger partial charge in [-0.25, -0.2) is 0 Å². The largest absolute Gasteiger partial charge is 0.359 e. The molecular weight excluding hydrogens is 442 g/mol. The number of nitrogens with one attached hydrogen (secondary N) is 1. The van der Waals surface area contributed by atoms with Crippen molar-refractivity contribution in [2.24, 2.45) is 0 Å². The number of aromatic nitrogens is 1. The van der Waals surface area contributed by atoms with Crippen LogP contribution < -0.4 is 5.32 Å². The zero-order valence-corrected chi connectivity index (χ0v) is 18.4. The molecule has 158 valence electrons. The summed E-state index contributed by atoms with van der Waals surface area (Å²) in [5.74, 6) is -0.241. The van der Waals surface area contributed by atoms with Gasteiger partial charge in [-0.1, -0.05) is 48.0 Å². The van der Waals surface area contributed by atoms with Crippen LogP contribution in [0.15, 0.2) is 84.4 Å². The standard InChI is InChI=1S/C25H18ClN3O2S/c26-17-10-11-21(20(14-17)23(30)16-6-2-1-3-7-16)28-24-22-19(9-4-12-27-22)25(31)29(24)15-18-8-5-13-32-18/h1-14,24,28H,15H2/t24-/m0/s1. The predicted octanol–water partition coefficient (Wildman–Crippen LogP) is 5.79. The van der Waals surface area contributed by atoms with Crippen molar-refractivity contribution >= 4 is 40.3 Å². The SMILES string of the molecule is O=C(c1ccccc1)c1cc(Cl)ccc1N[C@@H]1c2ncccc2C(=O)N1Cc1cccs1. The lowest BCUT2D eigenvalue weighted by Crippen LogP contribution is -2.32. The van der Waals surface area contributed by atoms with Gasteiger partial charge in [-0.2, -0.15) is 0 Å². The molecule has 4 aromatic rings. The molecule has 7 heteroatoms. The van der Waals surface area contributed by atoms with Crippen LogP contribution in [-0.2, 0) is 6.54 Å². The Bertz CT molecular complexity index is 1290. The number of benzene rings is 2. The first-order chi connectivity index (χ1) is 15.6. The van der Waals surface area contributed by atoms with Crippen molar-refractivity contribution in [2.45, 2.75) is 12.7 Å². The Morgan fingerprint density at radius 2 is 1.91 bits per heavy atom. The number of anilines is 1. The second-order valence-electron chi connectivity index (χ2n) is 7.38. The summed E-state index contributed by atoms with van der Waals surface area (Å²) in [7, 11) is 0. The minimum absolute atomic E-state index is 0.0936. The number of thiophene rings is 1. The minimum Gasteiger partial charge on any atom is -0.359 e. The summed E-state index contributed by atoms with van der Waals surface area (Å²) >= 11 is 7.83. The van der Waals surface area contributed by atoms with Crippen LogP contribution in [0.5, 0.6) is 0 Å². The zero-order chi connectivity index (χ0) is 22.1. The molecule has 1 N–H and O–H groups in total. The van der Waals surface area contributed by atoms with E-state index in [1.54, 1.807) is 64.9 Å². The quantitative estimate of drug-likeness (QED) is 0.370. The molecule has 0 saturated carbocycles. The molecule has 0 fully saturated rings. The number of fused-ring (bicyclic) bond motifs is 1. The van der Waals surface area contributed by atoms with Crippen LogP contribution in [0.4, 0.5) is 5.69 Å². The van der Waals surface area contributed by atoms with Crippen molar-refractivity contribution in [1.29, 1.82) is 0 Å². The highest BCUT2D eigenvalue weighted by molar-refractivity contribution is 7.09. The maximum Gasteiger partial charge on any atom is 0.258 e. The number of pyridine rings is 1. The highest BCUT2D eigenvalue weighted by atomic mass is 35.5. The Morgan fingerprint density at radius 3 is 2.69 bits per heavy atom. The van der Waals surface area contributed by atoms with Crippen molar-refractivity contribution in [2.75, 3.05) is 5.32 Å². The topological polar surface area (TPSA) is 62.3 Å². The second-order valence-corrected chi connectivity index (χ2v) is 8.85. The molecule has 1 amide bonds. The van der Waals surface area contributed by atoms with Crippen molar-refractivity contribution < 1.29 is 9.59 Å². The average Bonchev–Trinajstić information content (AvgIpc) is 3.43. The molecule has 1 aliphatic heterocycles. The number of halogens is 1. The normalized spacial score (nSPS) is 15.0.